The van der Waals surface area contributed by atoms with Crippen molar-refractivity contribution in [3.63, 3.8) is 0 Å². The number of hydrogen-bond donors (Lipinski definition) is 0. The Hall–Kier alpha value is -2.20. The average Bonchev–Trinajstić information content (AvgIpc) is 2.73. The third kappa shape index (κ3) is 6.14. The molecule has 0 radical (unpaired) electrons. The van der Waals surface area contributed by atoms with Gasteiger partial charge in [0.25, 0.3) is 0 Å². The molecule has 3 rings (SSSR count). The van der Waals surface area contributed by atoms with Crippen molar-refractivity contribution in [1.29, 1.82) is 0 Å². The monoisotopic (exact) mass is 398 g/mol. The summed E-state index contributed by atoms with van der Waals surface area (Å²) < 4.78 is 13.8. The van der Waals surface area contributed by atoms with E-state index in [-0.39, 0.29) is 25.2 Å². The van der Waals surface area contributed by atoms with Crippen molar-refractivity contribution in [1.82, 2.24) is 4.90 Å². The van der Waals surface area contributed by atoms with E-state index >= 15 is 0 Å². The molecule has 3 nitrogen and oxygen atoms in total. The minimum atomic E-state index is -0.299. The zero-order valence-electron chi connectivity index (χ0n) is 17.0. The van der Waals surface area contributed by atoms with Crippen LogP contribution in [0.1, 0.15) is 46.1 Å². The molecule has 0 spiro atoms. The number of amides is 1. The van der Waals surface area contributed by atoms with E-state index in [1.807, 2.05) is 24.0 Å². The molecule has 2 aromatic carbocycles. The van der Waals surface area contributed by atoms with Crippen LogP contribution in [0.3, 0.4) is 0 Å². The highest BCUT2D eigenvalue weighted by Crippen LogP contribution is 2.28. The third-order valence-electron chi connectivity index (χ3n) is 5.85. The Balaban J connectivity index is 0.00000300. The van der Waals surface area contributed by atoms with Crippen LogP contribution in [0.25, 0.3) is 0 Å². The number of rotatable bonds is 7. The molecular formula is C25H35FN2O. The van der Waals surface area contributed by atoms with E-state index in [4.69, 9.17) is 0 Å². The van der Waals surface area contributed by atoms with Crippen molar-refractivity contribution in [2.24, 2.45) is 5.92 Å². The van der Waals surface area contributed by atoms with Gasteiger partial charge in [-0.15, -0.1) is 0 Å². The summed E-state index contributed by atoms with van der Waals surface area (Å²) in [7, 11) is 0. The van der Waals surface area contributed by atoms with E-state index in [1.54, 1.807) is 6.07 Å². The van der Waals surface area contributed by atoms with Crippen LogP contribution in [-0.4, -0.2) is 36.5 Å². The van der Waals surface area contributed by atoms with Gasteiger partial charge in [0.15, 0.2) is 0 Å². The van der Waals surface area contributed by atoms with Gasteiger partial charge in [-0.05, 0) is 62.4 Å². The van der Waals surface area contributed by atoms with Crippen molar-refractivity contribution in [3.05, 3.63) is 66.0 Å². The lowest BCUT2D eigenvalue weighted by Gasteiger charge is -2.40. The molecule has 0 bridgehead atoms. The summed E-state index contributed by atoms with van der Waals surface area (Å²) in [5, 5.41) is 0. The molecular weight excluding hydrogens is 363 g/mol. The Morgan fingerprint density at radius 3 is 2.66 bits per heavy atom. The lowest BCUT2D eigenvalue weighted by Crippen LogP contribution is -2.49. The van der Waals surface area contributed by atoms with Crippen molar-refractivity contribution in [3.8, 4) is 0 Å². The second-order valence-corrected chi connectivity index (χ2v) is 7.78. The average molecular weight is 399 g/mol. The molecule has 0 saturated carbocycles. The maximum atomic E-state index is 13.8. The van der Waals surface area contributed by atoms with E-state index in [0.29, 0.717) is 18.0 Å². The lowest BCUT2D eigenvalue weighted by molar-refractivity contribution is -0.119. The van der Waals surface area contributed by atoms with Gasteiger partial charge >= 0.3 is 0 Å². The minimum Gasteiger partial charge on any atom is -0.309 e. The molecule has 1 saturated heterocycles. The Morgan fingerprint density at radius 2 is 1.97 bits per heavy atom. The van der Waals surface area contributed by atoms with E-state index < -0.39 is 0 Å². The number of nitrogens with zero attached hydrogens (tertiary/aromatic N) is 2. The molecule has 2 aromatic rings. The lowest BCUT2D eigenvalue weighted by atomic mass is 9.89. The molecule has 0 aromatic heterocycles. The molecule has 1 amide bonds. The molecule has 2 unspecified atom stereocenters. The van der Waals surface area contributed by atoms with Gasteiger partial charge in [-0.3, -0.25) is 4.79 Å². The summed E-state index contributed by atoms with van der Waals surface area (Å²) >= 11 is 0. The van der Waals surface area contributed by atoms with Crippen molar-refractivity contribution in [2.75, 3.05) is 24.5 Å². The van der Waals surface area contributed by atoms with Gasteiger partial charge in [-0.2, -0.15) is 0 Å². The largest absolute Gasteiger partial charge is 0.309 e. The third-order valence-corrected chi connectivity index (χ3v) is 5.85. The van der Waals surface area contributed by atoms with Gasteiger partial charge in [0.05, 0.1) is 0 Å². The van der Waals surface area contributed by atoms with E-state index in [1.165, 1.54) is 17.7 Å². The summed E-state index contributed by atoms with van der Waals surface area (Å²) in [4.78, 5) is 17.0. The topological polar surface area (TPSA) is 23.6 Å². The van der Waals surface area contributed by atoms with Gasteiger partial charge in [0, 0.05) is 31.2 Å². The first-order valence-corrected chi connectivity index (χ1v) is 10.4. The second kappa shape index (κ2) is 11.1. The minimum absolute atomic E-state index is 0. The zero-order chi connectivity index (χ0) is 19.9. The molecule has 0 N–H and O–H groups in total. The van der Waals surface area contributed by atoms with Crippen LogP contribution < -0.4 is 4.90 Å². The summed E-state index contributed by atoms with van der Waals surface area (Å²) in [6, 6.07) is 17.0. The molecule has 2 atom stereocenters. The fraction of sp³-hybridized carbons (Fsp3) is 0.480. The standard InChI is InChI=1S/C24H31FN2O.CH4/c1-3-24(28)27(23-13-7-12-22(25)17-23)19(2)21-11-8-15-26(18-21)16-14-20-9-5-4-6-10-20;/h4-7,9-10,12-13,17,19,21H,3,8,11,14-16,18H2,1-2H3;1H4. The van der Waals surface area contributed by atoms with Gasteiger partial charge in [-0.1, -0.05) is 50.7 Å². The molecule has 1 aliphatic heterocycles. The quantitative estimate of drug-likeness (QED) is 0.611. The maximum Gasteiger partial charge on any atom is 0.226 e. The number of carbonyl (C=O) groups excluding carboxylic acids is 1. The fourth-order valence-corrected chi connectivity index (χ4v) is 4.23. The number of likely N-dealkylation sites (tertiary alicyclic amines) is 1. The summed E-state index contributed by atoms with van der Waals surface area (Å²) in [5.74, 6) is 0.148. The Labute approximate surface area is 175 Å². The Bertz CT molecular complexity index is 764. The normalized spacial score (nSPS) is 18.0. The van der Waals surface area contributed by atoms with Crippen LogP contribution in [0.4, 0.5) is 10.1 Å². The predicted octanol–water partition coefficient (Wildman–Crippen LogP) is 5.55. The highest BCUT2D eigenvalue weighted by Gasteiger charge is 2.31. The van der Waals surface area contributed by atoms with Gasteiger partial charge in [0.2, 0.25) is 5.91 Å². The molecule has 4 heteroatoms. The molecule has 1 heterocycles. The highest BCUT2D eigenvalue weighted by atomic mass is 19.1. The van der Waals surface area contributed by atoms with Crippen molar-refractivity contribution in [2.45, 2.75) is 53.0 Å². The zero-order valence-corrected chi connectivity index (χ0v) is 17.0. The van der Waals surface area contributed by atoms with Crippen molar-refractivity contribution >= 4 is 11.6 Å². The van der Waals surface area contributed by atoms with Gasteiger partial charge in [0.1, 0.15) is 5.82 Å². The number of benzene rings is 2. The number of hydrogen-bond acceptors (Lipinski definition) is 2. The van der Waals surface area contributed by atoms with E-state index in [2.05, 4.69) is 36.1 Å². The summed E-state index contributed by atoms with van der Waals surface area (Å²) in [5.41, 5.74) is 2.03. The van der Waals surface area contributed by atoms with Gasteiger partial charge in [-0.25, -0.2) is 4.39 Å². The van der Waals surface area contributed by atoms with Crippen LogP contribution in [0.5, 0.6) is 0 Å². The van der Waals surface area contributed by atoms with E-state index in [0.717, 1.165) is 38.9 Å². The number of piperidine rings is 1. The molecule has 1 fully saturated rings. The molecule has 0 aliphatic carbocycles. The van der Waals surface area contributed by atoms with Crippen molar-refractivity contribution < 1.29 is 9.18 Å². The summed E-state index contributed by atoms with van der Waals surface area (Å²) in [6.07, 6.45) is 3.71. The number of carbonyl (C=O) groups is 1. The highest BCUT2D eigenvalue weighted by molar-refractivity contribution is 5.93. The SMILES string of the molecule is C.CCC(=O)N(c1cccc(F)c1)C(C)C1CCCN(CCc2ccccc2)C1. The Morgan fingerprint density at radius 1 is 1.21 bits per heavy atom. The smallest absolute Gasteiger partial charge is 0.226 e. The first-order chi connectivity index (χ1) is 13.6. The first kappa shape index (κ1) is 23.1. The van der Waals surface area contributed by atoms with Gasteiger partial charge < -0.3 is 9.80 Å². The van der Waals surface area contributed by atoms with Crippen LogP contribution in [0.15, 0.2) is 54.6 Å². The predicted molar refractivity (Wildman–Crippen MR) is 120 cm³/mol. The molecule has 1 aliphatic rings. The number of halogens is 1. The maximum absolute atomic E-state index is 13.8. The van der Waals surface area contributed by atoms with Crippen LogP contribution in [-0.2, 0) is 11.2 Å². The number of anilines is 1. The van der Waals surface area contributed by atoms with Crippen LogP contribution in [0.2, 0.25) is 0 Å². The molecule has 158 valence electrons. The van der Waals surface area contributed by atoms with E-state index in [9.17, 15) is 9.18 Å². The molecule has 29 heavy (non-hydrogen) atoms. The first-order valence-electron chi connectivity index (χ1n) is 10.4. The van der Waals surface area contributed by atoms with Crippen LogP contribution in [0, 0.1) is 11.7 Å². The van der Waals surface area contributed by atoms with Crippen LogP contribution >= 0.6 is 0 Å². The summed E-state index contributed by atoms with van der Waals surface area (Å²) in [6.45, 7) is 7.11. The Kier molecular flexibility index (Phi) is 8.84. The fourth-order valence-electron chi connectivity index (χ4n) is 4.23. The second-order valence-electron chi connectivity index (χ2n) is 7.78.